The number of thiocarbonyl (C=S) groups is 1. The van der Waals surface area contributed by atoms with Gasteiger partial charge in [-0.3, -0.25) is 10.4 Å². The van der Waals surface area contributed by atoms with Gasteiger partial charge in [0.15, 0.2) is 5.11 Å². The quantitative estimate of drug-likeness (QED) is 0.610. The third kappa shape index (κ3) is 4.12. The smallest absolute Gasteiger partial charge is 0.189 e. The molecule has 0 radical (unpaired) electrons. The van der Waals surface area contributed by atoms with Crippen molar-refractivity contribution in [2.75, 3.05) is 37.7 Å². The highest BCUT2D eigenvalue weighted by atomic mass is 35.5. The molecule has 0 aliphatic carbocycles. The lowest BCUT2D eigenvalue weighted by Crippen LogP contribution is -2.51. The van der Waals surface area contributed by atoms with Crippen molar-refractivity contribution >= 4 is 40.3 Å². The van der Waals surface area contributed by atoms with Gasteiger partial charge in [0.1, 0.15) is 11.4 Å². The van der Waals surface area contributed by atoms with E-state index in [1.54, 1.807) is 18.5 Å². The van der Waals surface area contributed by atoms with E-state index in [1.165, 1.54) is 0 Å². The van der Waals surface area contributed by atoms with Gasteiger partial charge in [-0.25, -0.2) is 4.98 Å². The Morgan fingerprint density at radius 3 is 2.89 bits per heavy atom. The maximum absolute atomic E-state index is 5.98. The van der Waals surface area contributed by atoms with E-state index in [9.17, 15) is 0 Å². The summed E-state index contributed by atoms with van der Waals surface area (Å²) in [6, 6.07) is 5.79. The average Bonchev–Trinajstić information content (AvgIpc) is 2.72. The van der Waals surface area contributed by atoms with Crippen LogP contribution in [0, 0.1) is 0 Å². The molecular formula is C18H19ClN6OS. The summed E-state index contributed by atoms with van der Waals surface area (Å²) in [6.45, 7) is 3.99. The normalized spacial score (nSPS) is 18.0. The van der Waals surface area contributed by atoms with Gasteiger partial charge in [-0.05, 0) is 24.4 Å². The summed E-state index contributed by atoms with van der Waals surface area (Å²) in [4.78, 5) is 13.0. The van der Waals surface area contributed by atoms with Crippen LogP contribution in [0.1, 0.15) is 12.1 Å². The third-order valence-electron chi connectivity index (χ3n) is 4.55. The van der Waals surface area contributed by atoms with Crippen LogP contribution in [-0.2, 0) is 0 Å². The van der Waals surface area contributed by atoms with Crippen LogP contribution in [0.3, 0.4) is 0 Å². The molecule has 0 bridgehead atoms. The molecule has 4 heterocycles. The molecule has 0 amide bonds. The number of halogens is 1. The number of hydrogen-bond donors (Lipinski definition) is 1. The molecule has 1 saturated heterocycles. The topological polar surface area (TPSA) is 65.9 Å². The van der Waals surface area contributed by atoms with E-state index in [0.29, 0.717) is 34.6 Å². The minimum Gasteiger partial charge on any atom is -0.491 e. The molecule has 2 aliphatic rings. The van der Waals surface area contributed by atoms with Gasteiger partial charge in [-0.1, -0.05) is 11.6 Å². The fourth-order valence-electron chi connectivity index (χ4n) is 3.13. The van der Waals surface area contributed by atoms with Crippen LogP contribution >= 0.6 is 23.8 Å². The molecule has 1 N–H and O–H groups in total. The molecule has 9 heteroatoms. The number of nitrogens with one attached hydrogen (secondary N) is 1. The first-order valence-corrected chi connectivity index (χ1v) is 9.54. The van der Waals surface area contributed by atoms with E-state index in [4.69, 9.17) is 28.6 Å². The Morgan fingerprint density at radius 2 is 2.11 bits per heavy atom. The van der Waals surface area contributed by atoms with Crippen molar-refractivity contribution in [1.29, 1.82) is 0 Å². The van der Waals surface area contributed by atoms with Crippen molar-refractivity contribution < 1.29 is 4.74 Å². The van der Waals surface area contributed by atoms with E-state index >= 15 is 0 Å². The first-order chi connectivity index (χ1) is 13.2. The fraction of sp³-hybridized carbons (Fsp3) is 0.333. The number of rotatable bonds is 2. The summed E-state index contributed by atoms with van der Waals surface area (Å²) in [5, 5.41) is 5.65. The molecule has 2 aromatic heterocycles. The maximum Gasteiger partial charge on any atom is 0.189 e. The second kappa shape index (κ2) is 8.06. The number of aromatic nitrogens is 2. The molecule has 0 unspecified atom stereocenters. The van der Waals surface area contributed by atoms with Gasteiger partial charge < -0.3 is 14.5 Å². The van der Waals surface area contributed by atoms with Crippen LogP contribution in [0.15, 0.2) is 41.9 Å². The molecule has 0 saturated carbocycles. The SMILES string of the molecule is S=C(N/N=C1/CCOc2cc(Cl)cnc21)N1CCN(c2cccnc2)CC1. The van der Waals surface area contributed by atoms with Crippen LogP contribution in [-0.4, -0.2) is 58.5 Å². The minimum absolute atomic E-state index is 0.546. The summed E-state index contributed by atoms with van der Waals surface area (Å²) in [6.07, 6.45) is 5.95. The second-order valence-corrected chi connectivity index (χ2v) is 7.08. The summed E-state index contributed by atoms with van der Waals surface area (Å²) in [5.41, 5.74) is 5.69. The van der Waals surface area contributed by atoms with Gasteiger partial charge in [-0.2, -0.15) is 5.10 Å². The standard InChI is InChI=1S/C18H19ClN6OS/c19-13-10-16-17(21-11-13)15(3-9-26-16)22-23-18(27)25-7-5-24(6-8-25)14-2-1-4-20-12-14/h1-2,4,10-12H,3,5-9H2,(H,23,27)/b22-15-. The van der Waals surface area contributed by atoms with Crippen molar-refractivity contribution in [1.82, 2.24) is 20.3 Å². The summed E-state index contributed by atoms with van der Waals surface area (Å²) >= 11 is 11.5. The van der Waals surface area contributed by atoms with Crippen molar-refractivity contribution in [2.45, 2.75) is 6.42 Å². The van der Waals surface area contributed by atoms with E-state index < -0.39 is 0 Å². The van der Waals surface area contributed by atoms with Gasteiger partial charge >= 0.3 is 0 Å². The fourth-order valence-corrected chi connectivity index (χ4v) is 3.50. The Kier molecular flexibility index (Phi) is 5.35. The van der Waals surface area contributed by atoms with E-state index in [1.807, 2.05) is 12.3 Å². The molecule has 2 aliphatic heterocycles. The van der Waals surface area contributed by atoms with Gasteiger partial charge in [-0.15, -0.1) is 0 Å². The summed E-state index contributed by atoms with van der Waals surface area (Å²) < 4.78 is 5.60. The first-order valence-electron chi connectivity index (χ1n) is 8.76. The van der Waals surface area contributed by atoms with Crippen LogP contribution in [0.4, 0.5) is 5.69 Å². The van der Waals surface area contributed by atoms with Crippen molar-refractivity contribution in [3.05, 3.63) is 47.5 Å². The molecule has 7 nitrogen and oxygen atoms in total. The molecule has 27 heavy (non-hydrogen) atoms. The van der Waals surface area contributed by atoms with Crippen LogP contribution in [0.5, 0.6) is 5.75 Å². The number of pyridine rings is 2. The first kappa shape index (κ1) is 17.9. The van der Waals surface area contributed by atoms with Gasteiger partial charge in [0, 0.05) is 51.1 Å². The number of ether oxygens (including phenoxy) is 1. The lowest BCUT2D eigenvalue weighted by Gasteiger charge is -2.36. The monoisotopic (exact) mass is 402 g/mol. The zero-order valence-corrected chi connectivity index (χ0v) is 16.2. The Balaban J connectivity index is 1.36. The van der Waals surface area contributed by atoms with Gasteiger partial charge in [0.2, 0.25) is 0 Å². The largest absolute Gasteiger partial charge is 0.491 e. The molecule has 0 atom stereocenters. The van der Waals surface area contributed by atoms with E-state index in [-0.39, 0.29) is 0 Å². The summed E-state index contributed by atoms with van der Waals surface area (Å²) in [5.74, 6) is 0.658. The molecule has 2 aromatic rings. The van der Waals surface area contributed by atoms with Gasteiger partial charge in [0.25, 0.3) is 0 Å². The Labute approximate surface area is 168 Å². The number of nitrogens with zero attached hydrogens (tertiary/aromatic N) is 5. The maximum atomic E-state index is 5.98. The third-order valence-corrected chi connectivity index (χ3v) is 5.11. The van der Waals surface area contributed by atoms with Gasteiger partial charge in [0.05, 0.1) is 29.2 Å². The Morgan fingerprint density at radius 1 is 1.26 bits per heavy atom. The lowest BCUT2D eigenvalue weighted by atomic mass is 10.1. The molecule has 4 rings (SSSR count). The van der Waals surface area contributed by atoms with Crippen LogP contribution in [0.25, 0.3) is 0 Å². The Bertz CT molecular complexity index is 854. The number of anilines is 1. The number of hydrazone groups is 1. The highest BCUT2D eigenvalue weighted by Crippen LogP contribution is 2.26. The van der Waals surface area contributed by atoms with Crippen molar-refractivity contribution in [2.24, 2.45) is 5.10 Å². The molecule has 1 fully saturated rings. The lowest BCUT2D eigenvalue weighted by molar-refractivity contribution is 0.318. The number of piperazine rings is 1. The van der Waals surface area contributed by atoms with E-state index in [2.05, 4.69) is 36.4 Å². The molecular weight excluding hydrogens is 384 g/mol. The van der Waals surface area contributed by atoms with E-state index in [0.717, 1.165) is 37.6 Å². The molecule has 0 aromatic carbocycles. The number of hydrogen-bond acceptors (Lipinski definition) is 6. The minimum atomic E-state index is 0.546. The predicted molar refractivity (Wildman–Crippen MR) is 110 cm³/mol. The van der Waals surface area contributed by atoms with Crippen LogP contribution in [0.2, 0.25) is 5.02 Å². The molecule has 140 valence electrons. The zero-order chi connectivity index (χ0) is 18.6. The van der Waals surface area contributed by atoms with Crippen LogP contribution < -0.4 is 15.1 Å². The van der Waals surface area contributed by atoms with Crippen molar-refractivity contribution in [3.8, 4) is 5.75 Å². The average molecular weight is 403 g/mol. The number of fused-ring (bicyclic) bond motifs is 1. The zero-order valence-electron chi connectivity index (χ0n) is 14.6. The Hall–Kier alpha value is -2.45. The highest BCUT2D eigenvalue weighted by Gasteiger charge is 2.21. The predicted octanol–water partition coefficient (Wildman–Crippen LogP) is 2.31. The highest BCUT2D eigenvalue weighted by molar-refractivity contribution is 7.80. The molecule has 0 spiro atoms. The van der Waals surface area contributed by atoms with Crippen molar-refractivity contribution in [3.63, 3.8) is 0 Å². The second-order valence-electron chi connectivity index (χ2n) is 6.26. The summed E-state index contributed by atoms with van der Waals surface area (Å²) in [7, 11) is 0.